The number of pyridine rings is 2. The molecule has 0 saturated heterocycles. The van der Waals surface area contributed by atoms with Gasteiger partial charge in [-0.2, -0.15) is 9.13 Å². The zero-order valence-corrected chi connectivity index (χ0v) is 11.3. The molecule has 0 aliphatic heterocycles. The van der Waals surface area contributed by atoms with Crippen molar-refractivity contribution >= 4 is 11.8 Å². The second kappa shape index (κ2) is 6.58. The first-order valence-electron chi connectivity index (χ1n) is 6.22. The summed E-state index contributed by atoms with van der Waals surface area (Å²) >= 11 is 0. The number of carbonyl (C=O) groups excluding carboxylic acids is 2. The highest BCUT2D eigenvalue weighted by Gasteiger charge is 2.07. The van der Waals surface area contributed by atoms with Crippen molar-refractivity contribution in [2.75, 3.05) is 0 Å². The van der Waals surface area contributed by atoms with Gasteiger partial charge in [-0.3, -0.25) is 14.3 Å². The fraction of sp³-hybridized carbons (Fsp3) is 0.143. The molecule has 0 aromatic carbocycles. The summed E-state index contributed by atoms with van der Waals surface area (Å²) in [6, 6.07) is 6.50. The van der Waals surface area contributed by atoms with Gasteiger partial charge in [0.1, 0.15) is 0 Å². The van der Waals surface area contributed by atoms with E-state index in [0.29, 0.717) is 24.6 Å². The molecule has 0 fully saturated rings. The van der Waals surface area contributed by atoms with Crippen LogP contribution in [0.3, 0.4) is 0 Å². The molecular formula is C14H16N4O3+2. The molecule has 0 aliphatic carbocycles. The van der Waals surface area contributed by atoms with Gasteiger partial charge in [0.25, 0.3) is 13.5 Å². The lowest BCUT2D eigenvalue weighted by Gasteiger charge is -1.99. The van der Waals surface area contributed by atoms with E-state index in [9.17, 15) is 9.59 Å². The van der Waals surface area contributed by atoms with Gasteiger partial charge in [0.15, 0.2) is 24.8 Å². The van der Waals surface area contributed by atoms with E-state index in [4.69, 9.17) is 16.2 Å². The summed E-state index contributed by atoms with van der Waals surface area (Å²) in [5, 5.41) is 0. The fourth-order valence-electron chi connectivity index (χ4n) is 1.67. The van der Waals surface area contributed by atoms with Gasteiger partial charge < -0.3 is 11.5 Å². The van der Waals surface area contributed by atoms with E-state index >= 15 is 0 Å². The number of rotatable bonds is 6. The lowest BCUT2D eigenvalue weighted by atomic mass is 10.2. The third-order valence-electron chi connectivity index (χ3n) is 2.83. The minimum absolute atomic E-state index is 0.323. The van der Waals surface area contributed by atoms with Crippen molar-refractivity contribution in [1.82, 2.24) is 0 Å². The Kier molecular flexibility index (Phi) is 4.57. The predicted octanol–water partition coefficient (Wildman–Crippen LogP) is -0.909. The second-order valence-corrected chi connectivity index (χ2v) is 4.39. The number of aromatic nitrogens is 2. The van der Waals surface area contributed by atoms with Crippen molar-refractivity contribution in [2.24, 2.45) is 11.5 Å². The van der Waals surface area contributed by atoms with E-state index in [-0.39, 0.29) is 0 Å². The van der Waals surface area contributed by atoms with Crippen molar-refractivity contribution in [2.45, 2.75) is 13.5 Å². The molecule has 2 aromatic rings. The van der Waals surface area contributed by atoms with Crippen molar-refractivity contribution in [3.63, 3.8) is 0 Å². The molecule has 0 atom stereocenters. The molecule has 2 heterocycles. The standard InChI is InChI=1S/C14H14N4O3/c15-13(19)11-1-5-17(6-2-11)9-21-10-18-7-3-12(4-8-18)14(16)20/h1-8H,9-10H2,(H2-2,15,16,19,20)/p+2. The maximum Gasteiger partial charge on any atom is 0.257 e. The van der Waals surface area contributed by atoms with E-state index in [2.05, 4.69) is 0 Å². The molecular weight excluding hydrogens is 272 g/mol. The summed E-state index contributed by atoms with van der Waals surface area (Å²) < 4.78 is 9.04. The van der Waals surface area contributed by atoms with Crippen molar-refractivity contribution in [3.05, 3.63) is 60.2 Å². The van der Waals surface area contributed by atoms with E-state index in [1.807, 2.05) is 0 Å². The molecule has 7 heteroatoms. The Balaban J connectivity index is 1.86. The molecule has 108 valence electrons. The topological polar surface area (TPSA) is 103 Å². The number of ether oxygens (including phenoxy) is 1. The van der Waals surface area contributed by atoms with Crippen LogP contribution in [0.15, 0.2) is 49.1 Å². The Labute approximate surface area is 121 Å². The lowest BCUT2D eigenvalue weighted by molar-refractivity contribution is -0.788. The third kappa shape index (κ3) is 4.08. The average molecular weight is 288 g/mol. The first-order valence-corrected chi connectivity index (χ1v) is 6.22. The summed E-state index contributed by atoms with van der Waals surface area (Å²) in [6.07, 6.45) is 6.84. The zero-order chi connectivity index (χ0) is 15.2. The first kappa shape index (κ1) is 14.6. The SMILES string of the molecule is NC(=O)c1cc[n+](COC[n+]2ccc(C(N)=O)cc2)cc1. The summed E-state index contributed by atoms with van der Waals surface area (Å²) in [5.74, 6) is -0.929. The molecule has 2 aromatic heterocycles. The van der Waals surface area contributed by atoms with Crippen LogP contribution in [-0.2, 0) is 18.2 Å². The van der Waals surface area contributed by atoms with Crippen LogP contribution in [0, 0.1) is 0 Å². The van der Waals surface area contributed by atoms with Gasteiger partial charge in [-0.15, -0.1) is 0 Å². The second-order valence-electron chi connectivity index (χ2n) is 4.39. The van der Waals surface area contributed by atoms with Gasteiger partial charge in [-0.1, -0.05) is 0 Å². The quantitative estimate of drug-likeness (QED) is 0.673. The molecule has 7 nitrogen and oxygen atoms in total. The zero-order valence-electron chi connectivity index (χ0n) is 11.3. The van der Waals surface area contributed by atoms with Crippen molar-refractivity contribution in [1.29, 1.82) is 0 Å². The largest absolute Gasteiger partial charge is 0.366 e. The highest BCUT2D eigenvalue weighted by Crippen LogP contribution is 1.94. The first-order chi connectivity index (χ1) is 10.1. The molecule has 0 aliphatic rings. The highest BCUT2D eigenvalue weighted by atomic mass is 16.5. The predicted molar refractivity (Wildman–Crippen MR) is 71.4 cm³/mol. The number of primary amides is 2. The molecule has 2 amide bonds. The van der Waals surface area contributed by atoms with Crippen LogP contribution in [-0.4, -0.2) is 11.8 Å². The summed E-state index contributed by atoms with van der Waals surface area (Å²) in [5.41, 5.74) is 11.2. The summed E-state index contributed by atoms with van der Waals surface area (Å²) in [7, 11) is 0. The molecule has 2 rings (SSSR count). The van der Waals surface area contributed by atoms with Gasteiger partial charge in [-0.25, -0.2) is 0 Å². The van der Waals surface area contributed by atoms with Crippen LogP contribution in [0.2, 0.25) is 0 Å². The number of amides is 2. The molecule has 21 heavy (non-hydrogen) atoms. The maximum atomic E-state index is 10.9. The fourth-order valence-corrected chi connectivity index (χ4v) is 1.67. The smallest absolute Gasteiger partial charge is 0.257 e. The van der Waals surface area contributed by atoms with Crippen LogP contribution < -0.4 is 20.6 Å². The Morgan fingerprint density at radius 1 is 0.810 bits per heavy atom. The highest BCUT2D eigenvalue weighted by molar-refractivity contribution is 5.92. The minimum Gasteiger partial charge on any atom is -0.366 e. The Morgan fingerprint density at radius 2 is 1.14 bits per heavy atom. The number of carbonyl (C=O) groups is 2. The monoisotopic (exact) mass is 288 g/mol. The number of hydrogen-bond acceptors (Lipinski definition) is 3. The molecule has 0 unspecified atom stereocenters. The molecule has 4 N–H and O–H groups in total. The van der Waals surface area contributed by atoms with Gasteiger partial charge in [0, 0.05) is 24.3 Å². The number of nitrogens with two attached hydrogens (primary N) is 2. The van der Waals surface area contributed by atoms with E-state index in [1.54, 1.807) is 58.2 Å². The Bertz CT molecular complexity index is 581. The average Bonchev–Trinajstić information content (AvgIpc) is 2.48. The normalized spacial score (nSPS) is 10.3. The van der Waals surface area contributed by atoms with Crippen molar-refractivity contribution < 1.29 is 23.5 Å². The van der Waals surface area contributed by atoms with Crippen LogP contribution >= 0.6 is 0 Å². The molecule has 0 bridgehead atoms. The van der Waals surface area contributed by atoms with Gasteiger partial charge >= 0.3 is 0 Å². The van der Waals surface area contributed by atoms with Gasteiger partial charge in [-0.05, 0) is 0 Å². The maximum absolute atomic E-state index is 10.9. The minimum atomic E-state index is -0.465. The summed E-state index contributed by atoms with van der Waals surface area (Å²) in [4.78, 5) is 21.9. The molecule has 0 saturated carbocycles. The molecule has 0 spiro atoms. The van der Waals surface area contributed by atoms with E-state index in [0.717, 1.165) is 0 Å². The van der Waals surface area contributed by atoms with Gasteiger partial charge in [0.05, 0.1) is 11.1 Å². The number of hydrogen-bond donors (Lipinski definition) is 2. The van der Waals surface area contributed by atoms with E-state index < -0.39 is 11.8 Å². The number of nitrogens with zero attached hydrogens (tertiary/aromatic N) is 2. The van der Waals surface area contributed by atoms with Crippen molar-refractivity contribution in [3.8, 4) is 0 Å². The van der Waals surface area contributed by atoms with Crippen LogP contribution in [0.1, 0.15) is 20.7 Å². The van der Waals surface area contributed by atoms with E-state index in [1.165, 1.54) is 0 Å². The van der Waals surface area contributed by atoms with Gasteiger partial charge in [0.2, 0.25) is 11.8 Å². The molecule has 0 radical (unpaired) electrons. The Morgan fingerprint density at radius 3 is 1.43 bits per heavy atom. The third-order valence-corrected chi connectivity index (χ3v) is 2.83. The lowest BCUT2D eigenvalue weighted by Crippen LogP contribution is -2.40. The van der Waals surface area contributed by atoms with Crippen LogP contribution in [0.5, 0.6) is 0 Å². The Hall–Kier alpha value is -2.80. The summed E-state index contributed by atoms with van der Waals surface area (Å²) in [6.45, 7) is 0.646. The van der Waals surface area contributed by atoms with Crippen LogP contribution in [0.25, 0.3) is 0 Å². The van der Waals surface area contributed by atoms with Crippen LogP contribution in [0.4, 0.5) is 0 Å².